The Hall–Kier alpha value is -2.09. The fourth-order valence-corrected chi connectivity index (χ4v) is 2.89. The number of alkyl halides is 3. The molecule has 1 saturated heterocycles. The summed E-state index contributed by atoms with van der Waals surface area (Å²) >= 11 is 0. The van der Waals surface area contributed by atoms with Gasteiger partial charge in [-0.1, -0.05) is 12.1 Å². The molecule has 2 aromatic rings. The lowest BCUT2D eigenvalue weighted by Crippen LogP contribution is -2.33. The summed E-state index contributed by atoms with van der Waals surface area (Å²) < 4.78 is 37.1. The summed E-state index contributed by atoms with van der Waals surface area (Å²) in [7, 11) is 0. The highest BCUT2D eigenvalue weighted by Gasteiger charge is 2.34. The number of aromatic nitrogens is 2. The van der Waals surface area contributed by atoms with Crippen molar-refractivity contribution in [3.05, 3.63) is 34.6 Å². The summed E-state index contributed by atoms with van der Waals surface area (Å²) in [5.74, 6) is 0.456. The number of hydrogen-bond donors (Lipinski definition) is 2. The maximum absolute atomic E-state index is 12.4. The number of benzene rings is 1. The van der Waals surface area contributed by atoms with E-state index in [1.165, 1.54) is 4.90 Å². The van der Waals surface area contributed by atoms with E-state index in [9.17, 15) is 18.0 Å². The third kappa shape index (κ3) is 4.01. The summed E-state index contributed by atoms with van der Waals surface area (Å²) in [4.78, 5) is 20.3. The van der Waals surface area contributed by atoms with Crippen LogP contribution in [0.1, 0.15) is 6.42 Å². The zero-order valence-electron chi connectivity index (χ0n) is 12.4. The van der Waals surface area contributed by atoms with Crippen molar-refractivity contribution in [2.75, 3.05) is 31.5 Å². The third-order valence-electron chi connectivity index (χ3n) is 3.94. The zero-order chi connectivity index (χ0) is 16.4. The molecule has 0 bridgehead atoms. The molecule has 23 heavy (non-hydrogen) atoms. The molecule has 1 unspecified atom stereocenters. The van der Waals surface area contributed by atoms with Gasteiger partial charge in [0.05, 0.1) is 17.4 Å². The van der Waals surface area contributed by atoms with Crippen molar-refractivity contribution in [2.45, 2.75) is 12.6 Å². The Morgan fingerprint density at radius 2 is 2.13 bits per heavy atom. The first-order chi connectivity index (χ1) is 10.9. The number of fused-ring (bicyclic) bond motifs is 1. The minimum atomic E-state index is -4.16. The minimum absolute atomic E-state index is 0.106. The highest BCUT2D eigenvalue weighted by molar-refractivity contribution is 5.78. The molecule has 0 radical (unpaired) electrons. The van der Waals surface area contributed by atoms with Crippen LogP contribution in [-0.4, -0.2) is 47.2 Å². The van der Waals surface area contributed by atoms with Crippen LogP contribution < -0.4 is 10.9 Å². The average molecular weight is 326 g/mol. The number of hydrogen-bond acceptors (Lipinski definition) is 4. The molecule has 8 heteroatoms. The molecule has 1 fully saturated rings. The van der Waals surface area contributed by atoms with Gasteiger partial charge in [-0.25, -0.2) is 4.98 Å². The number of likely N-dealkylation sites (tertiary alicyclic amines) is 1. The molecule has 0 amide bonds. The van der Waals surface area contributed by atoms with Gasteiger partial charge in [-0.3, -0.25) is 14.7 Å². The highest BCUT2D eigenvalue weighted by Crippen LogP contribution is 2.22. The molecular formula is C15H17F3N4O. The second-order valence-electron chi connectivity index (χ2n) is 5.82. The number of anilines is 1. The average Bonchev–Trinajstić information content (AvgIpc) is 2.90. The molecule has 0 spiro atoms. The van der Waals surface area contributed by atoms with Gasteiger partial charge in [-0.05, 0) is 31.0 Å². The lowest BCUT2D eigenvalue weighted by Gasteiger charge is -2.18. The molecule has 1 aromatic carbocycles. The van der Waals surface area contributed by atoms with E-state index in [2.05, 4.69) is 15.3 Å². The van der Waals surface area contributed by atoms with Crippen molar-refractivity contribution in [1.82, 2.24) is 14.9 Å². The Labute approximate surface area is 130 Å². The maximum atomic E-state index is 12.4. The maximum Gasteiger partial charge on any atom is 0.401 e. The second-order valence-corrected chi connectivity index (χ2v) is 5.82. The zero-order valence-corrected chi connectivity index (χ0v) is 12.4. The predicted octanol–water partition coefficient (Wildman–Crippen LogP) is 2.22. The van der Waals surface area contributed by atoms with E-state index in [1.807, 2.05) is 0 Å². The monoisotopic (exact) mass is 326 g/mol. The number of para-hydroxylation sites is 1. The summed E-state index contributed by atoms with van der Waals surface area (Å²) in [6.07, 6.45) is -3.46. The first-order valence-electron chi connectivity index (χ1n) is 7.43. The van der Waals surface area contributed by atoms with Gasteiger partial charge < -0.3 is 5.32 Å². The van der Waals surface area contributed by atoms with Crippen LogP contribution in [0.4, 0.5) is 19.1 Å². The van der Waals surface area contributed by atoms with E-state index in [1.54, 1.807) is 24.3 Å². The molecule has 1 aromatic heterocycles. The van der Waals surface area contributed by atoms with Crippen LogP contribution in [-0.2, 0) is 0 Å². The SMILES string of the molecule is O=c1[nH]c(NCC2CCN(CC(F)(F)F)C2)nc2ccccc12. The van der Waals surface area contributed by atoms with Crippen LogP contribution in [0.3, 0.4) is 0 Å². The highest BCUT2D eigenvalue weighted by atomic mass is 19.4. The molecule has 3 rings (SSSR count). The standard InChI is InChI=1S/C15H17F3N4O/c16-15(17,18)9-22-6-5-10(8-22)7-19-14-20-12-4-2-1-3-11(12)13(23)21-14/h1-4,10H,5-9H2,(H2,19,20,21,23). The van der Waals surface area contributed by atoms with Gasteiger partial charge in [-0.15, -0.1) is 0 Å². The van der Waals surface area contributed by atoms with Gasteiger partial charge in [0.1, 0.15) is 0 Å². The molecule has 5 nitrogen and oxygen atoms in total. The number of aromatic amines is 1. The van der Waals surface area contributed by atoms with Gasteiger partial charge in [0.25, 0.3) is 5.56 Å². The Kier molecular flexibility index (Phi) is 4.25. The van der Waals surface area contributed by atoms with Crippen LogP contribution >= 0.6 is 0 Å². The molecular weight excluding hydrogens is 309 g/mol. The lowest BCUT2D eigenvalue weighted by molar-refractivity contribution is -0.143. The molecule has 1 atom stereocenters. The van der Waals surface area contributed by atoms with Gasteiger partial charge in [0.2, 0.25) is 5.95 Å². The summed E-state index contributed by atoms with van der Waals surface area (Å²) in [5, 5.41) is 3.54. The van der Waals surface area contributed by atoms with E-state index in [-0.39, 0.29) is 11.5 Å². The minimum Gasteiger partial charge on any atom is -0.355 e. The number of H-pyrrole nitrogens is 1. The molecule has 1 aliphatic heterocycles. The van der Waals surface area contributed by atoms with Crippen molar-refractivity contribution in [3.8, 4) is 0 Å². The van der Waals surface area contributed by atoms with Crippen molar-refractivity contribution in [1.29, 1.82) is 0 Å². The van der Waals surface area contributed by atoms with Crippen LogP contribution in [0.25, 0.3) is 10.9 Å². The topological polar surface area (TPSA) is 61.0 Å². The summed E-state index contributed by atoms with van der Waals surface area (Å²) in [6, 6.07) is 7.00. The van der Waals surface area contributed by atoms with Crippen LogP contribution in [0.15, 0.2) is 29.1 Å². The summed E-state index contributed by atoms with van der Waals surface area (Å²) in [6.45, 7) is 0.446. The fourth-order valence-electron chi connectivity index (χ4n) is 2.89. The number of nitrogens with one attached hydrogen (secondary N) is 2. The Balaban J connectivity index is 1.60. The molecule has 0 saturated carbocycles. The van der Waals surface area contributed by atoms with Crippen molar-refractivity contribution in [3.63, 3.8) is 0 Å². The Morgan fingerprint density at radius 1 is 1.35 bits per heavy atom. The van der Waals surface area contributed by atoms with E-state index in [0.29, 0.717) is 42.9 Å². The van der Waals surface area contributed by atoms with Crippen LogP contribution in [0.2, 0.25) is 0 Å². The normalized spacial score (nSPS) is 19.3. The second kappa shape index (κ2) is 6.19. The number of nitrogens with zero attached hydrogens (tertiary/aromatic N) is 2. The quantitative estimate of drug-likeness (QED) is 0.904. The molecule has 0 aliphatic carbocycles. The van der Waals surface area contributed by atoms with Crippen molar-refractivity contribution < 1.29 is 13.2 Å². The first kappa shape index (κ1) is 15.8. The van der Waals surface area contributed by atoms with Gasteiger partial charge in [-0.2, -0.15) is 13.2 Å². The van der Waals surface area contributed by atoms with E-state index in [0.717, 1.165) is 0 Å². The molecule has 2 heterocycles. The van der Waals surface area contributed by atoms with Crippen LogP contribution in [0, 0.1) is 5.92 Å². The van der Waals surface area contributed by atoms with Gasteiger partial charge in [0.15, 0.2) is 0 Å². The Bertz CT molecular complexity index is 743. The first-order valence-corrected chi connectivity index (χ1v) is 7.43. The summed E-state index contributed by atoms with van der Waals surface area (Å²) in [5.41, 5.74) is 0.354. The van der Waals surface area contributed by atoms with E-state index in [4.69, 9.17) is 0 Å². The van der Waals surface area contributed by atoms with E-state index >= 15 is 0 Å². The van der Waals surface area contributed by atoms with Crippen molar-refractivity contribution >= 4 is 16.9 Å². The Morgan fingerprint density at radius 3 is 2.91 bits per heavy atom. The van der Waals surface area contributed by atoms with E-state index < -0.39 is 12.7 Å². The van der Waals surface area contributed by atoms with Crippen LogP contribution in [0.5, 0.6) is 0 Å². The lowest BCUT2D eigenvalue weighted by atomic mass is 10.1. The van der Waals surface area contributed by atoms with Gasteiger partial charge in [0, 0.05) is 13.1 Å². The predicted molar refractivity (Wildman–Crippen MR) is 81.5 cm³/mol. The van der Waals surface area contributed by atoms with Gasteiger partial charge >= 0.3 is 6.18 Å². The largest absolute Gasteiger partial charge is 0.401 e. The third-order valence-corrected chi connectivity index (χ3v) is 3.94. The molecule has 1 aliphatic rings. The smallest absolute Gasteiger partial charge is 0.355 e. The number of halogens is 3. The molecule has 2 N–H and O–H groups in total. The molecule has 124 valence electrons. The van der Waals surface area contributed by atoms with Crippen molar-refractivity contribution in [2.24, 2.45) is 5.92 Å². The number of rotatable bonds is 4. The fraction of sp³-hybridized carbons (Fsp3) is 0.467.